The van der Waals surface area contributed by atoms with E-state index in [1.54, 1.807) is 0 Å². The van der Waals surface area contributed by atoms with Gasteiger partial charge in [-0.05, 0) is 19.3 Å². The topological polar surface area (TPSA) is 0 Å². The van der Waals surface area contributed by atoms with Gasteiger partial charge in [0.15, 0.2) is 0 Å². The maximum absolute atomic E-state index is 5.30. The van der Waals surface area contributed by atoms with Crippen LogP contribution in [0, 0.1) is 24.2 Å². The molecule has 0 heteroatoms. The quantitative estimate of drug-likeness (QED) is 0.413. The second-order valence-electron chi connectivity index (χ2n) is 2.82. The van der Waals surface area contributed by atoms with E-state index in [0.717, 1.165) is 6.42 Å². The van der Waals surface area contributed by atoms with Crippen LogP contribution < -0.4 is 0 Å². The number of hydrogen-bond acceptors (Lipinski definition) is 0. The zero-order valence-electron chi connectivity index (χ0n) is 7.15. The maximum atomic E-state index is 5.30. The standard InChI is InChI=1S/C10H16/c1-6-9(5)10(7-2)8(3)4/h1,9-10H,3,7H2,2,4-5H3. The molecule has 2 atom stereocenters. The second-order valence-corrected chi connectivity index (χ2v) is 2.82. The van der Waals surface area contributed by atoms with Gasteiger partial charge in [-0.25, -0.2) is 0 Å². The zero-order chi connectivity index (χ0) is 8.15. The number of hydrogen-bond donors (Lipinski definition) is 0. The lowest BCUT2D eigenvalue weighted by Gasteiger charge is -2.17. The van der Waals surface area contributed by atoms with Gasteiger partial charge in [0.25, 0.3) is 0 Å². The molecule has 0 aliphatic rings. The Morgan fingerprint density at radius 3 is 2.30 bits per heavy atom. The number of terminal acetylenes is 1. The Balaban J connectivity index is 4.09. The summed E-state index contributed by atoms with van der Waals surface area (Å²) in [5, 5.41) is 0. The van der Waals surface area contributed by atoms with E-state index in [2.05, 4.69) is 26.3 Å². The predicted molar refractivity (Wildman–Crippen MR) is 46.6 cm³/mol. The monoisotopic (exact) mass is 136 g/mol. The fraction of sp³-hybridized carbons (Fsp3) is 0.600. The summed E-state index contributed by atoms with van der Waals surface area (Å²) in [6.07, 6.45) is 6.39. The van der Waals surface area contributed by atoms with Gasteiger partial charge < -0.3 is 0 Å². The predicted octanol–water partition coefficient (Wildman–Crippen LogP) is 2.86. The molecule has 0 radical (unpaired) electrons. The molecule has 0 amide bonds. The second kappa shape index (κ2) is 4.17. The van der Waals surface area contributed by atoms with Crippen LogP contribution in [0.1, 0.15) is 27.2 Å². The van der Waals surface area contributed by atoms with Crippen molar-refractivity contribution in [2.75, 3.05) is 0 Å². The van der Waals surface area contributed by atoms with Crippen molar-refractivity contribution >= 4 is 0 Å². The first-order valence-corrected chi connectivity index (χ1v) is 3.75. The highest BCUT2D eigenvalue weighted by atomic mass is 14.2. The van der Waals surface area contributed by atoms with Gasteiger partial charge in [0.2, 0.25) is 0 Å². The number of rotatable bonds is 3. The SMILES string of the molecule is C#CC(C)C(CC)C(=C)C. The van der Waals surface area contributed by atoms with E-state index in [0.29, 0.717) is 11.8 Å². The van der Waals surface area contributed by atoms with E-state index in [9.17, 15) is 0 Å². The molecule has 0 aromatic carbocycles. The highest BCUT2D eigenvalue weighted by Crippen LogP contribution is 2.21. The Hall–Kier alpha value is -0.700. The summed E-state index contributed by atoms with van der Waals surface area (Å²) in [6, 6.07) is 0. The first kappa shape index (κ1) is 9.30. The van der Waals surface area contributed by atoms with Crippen molar-refractivity contribution in [2.24, 2.45) is 11.8 Å². The molecule has 0 saturated heterocycles. The van der Waals surface area contributed by atoms with Crippen LogP contribution in [0.3, 0.4) is 0 Å². The third-order valence-electron chi connectivity index (χ3n) is 1.94. The van der Waals surface area contributed by atoms with Crippen LogP contribution in [-0.2, 0) is 0 Å². The molecular formula is C10H16. The summed E-state index contributed by atoms with van der Waals surface area (Å²) in [5.74, 6) is 3.58. The van der Waals surface area contributed by atoms with Crippen molar-refractivity contribution in [3.63, 3.8) is 0 Å². The lowest BCUT2D eigenvalue weighted by Crippen LogP contribution is -2.09. The largest absolute Gasteiger partial charge is 0.120 e. The summed E-state index contributed by atoms with van der Waals surface area (Å²) in [7, 11) is 0. The van der Waals surface area contributed by atoms with Crippen molar-refractivity contribution in [2.45, 2.75) is 27.2 Å². The molecular weight excluding hydrogens is 120 g/mol. The minimum absolute atomic E-state index is 0.336. The molecule has 0 aliphatic carbocycles. The van der Waals surface area contributed by atoms with E-state index in [1.807, 2.05) is 6.92 Å². The van der Waals surface area contributed by atoms with Gasteiger partial charge in [0.1, 0.15) is 0 Å². The van der Waals surface area contributed by atoms with E-state index in [1.165, 1.54) is 5.57 Å². The van der Waals surface area contributed by atoms with Crippen molar-refractivity contribution in [3.8, 4) is 12.3 Å². The summed E-state index contributed by atoms with van der Waals surface area (Å²) >= 11 is 0. The van der Waals surface area contributed by atoms with E-state index < -0.39 is 0 Å². The summed E-state index contributed by atoms with van der Waals surface area (Å²) in [6.45, 7) is 10.2. The fourth-order valence-corrected chi connectivity index (χ4v) is 1.24. The third kappa shape index (κ3) is 2.27. The van der Waals surface area contributed by atoms with Gasteiger partial charge in [0.05, 0.1) is 0 Å². The molecule has 0 rings (SSSR count). The Labute approximate surface area is 64.3 Å². The molecule has 0 bridgehead atoms. The average Bonchev–Trinajstić information content (AvgIpc) is 1.88. The highest BCUT2D eigenvalue weighted by molar-refractivity contribution is 5.05. The average molecular weight is 136 g/mol. The Morgan fingerprint density at radius 2 is 2.20 bits per heavy atom. The normalized spacial score (nSPS) is 15.4. The van der Waals surface area contributed by atoms with Gasteiger partial charge in [0, 0.05) is 5.92 Å². The Bertz CT molecular complexity index is 148. The molecule has 0 spiro atoms. The molecule has 0 saturated carbocycles. The molecule has 0 nitrogen and oxygen atoms in total. The molecule has 0 fully saturated rings. The van der Waals surface area contributed by atoms with Gasteiger partial charge in [-0.1, -0.05) is 26.0 Å². The first-order chi connectivity index (χ1) is 4.63. The summed E-state index contributed by atoms with van der Waals surface area (Å²) < 4.78 is 0. The van der Waals surface area contributed by atoms with Crippen molar-refractivity contribution in [3.05, 3.63) is 12.2 Å². The van der Waals surface area contributed by atoms with Crippen LogP contribution in [0.2, 0.25) is 0 Å². The van der Waals surface area contributed by atoms with Crippen LogP contribution in [0.25, 0.3) is 0 Å². The Kier molecular flexibility index (Phi) is 3.88. The van der Waals surface area contributed by atoms with Crippen LogP contribution >= 0.6 is 0 Å². The molecule has 0 aromatic heterocycles. The minimum atomic E-state index is 0.336. The fourth-order valence-electron chi connectivity index (χ4n) is 1.24. The smallest absolute Gasteiger partial charge is 0.0237 e. The first-order valence-electron chi connectivity index (χ1n) is 3.75. The maximum Gasteiger partial charge on any atom is 0.0237 e. The van der Waals surface area contributed by atoms with Gasteiger partial charge in [-0.3, -0.25) is 0 Å². The van der Waals surface area contributed by atoms with Gasteiger partial charge in [-0.2, -0.15) is 0 Å². The summed E-state index contributed by atoms with van der Waals surface area (Å²) in [5.41, 5.74) is 1.20. The number of allylic oxidation sites excluding steroid dienone is 1. The molecule has 56 valence electrons. The van der Waals surface area contributed by atoms with Crippen molar-refractivity contribution < 1.29 is 0 Å². The van der Waals surface area contributed by atoms with Crippen LogP contribution in [0.4, 0.5) is 0 Å². The third-order valence-corrected chi connectivity index (χ3v) is 1.94. The highest BCUT2D eigenvalue weighted by Gasteiger charge is 2.12. The van der Waals surface area contributed by atoms with Gasteiger partial charge >= 0.3 is 0 Å². The summed E-state index contributed by atoms with van der Waals surface area (Å²) in [4.78, 5) is 0. The van der Waals surface area contributed by atoms with E-state index >= 15 is 0 Å². The zero-order valence-corrected chi connectivity index (χ0v) is 7.15. The van der Waals surface area contributed by atoms with Gasteiger partial charge in [-0.15, -0.1) is 12.3 Å². The van der Waals surface area contributed by atoms with Crippen molar-refractivity contribution in [1.29, 1.82) is 0 Å². The van der Waals surface area contributed by atoms with Crippen LogP contribution in [0.5, 0.6) is 0 Å². The Morgan fingerprint density at radius 1 is 1.70 bits per heavy atom. The molecule has 2 unspecified atom stereocenters. The lowest BCUT2D eigenvalue weighted by molar-refractivity contribution is 0.486. The lowest BCUT2D eigenvalue weighted by atomic mass is 9.87. The van der Waals surface area contributed by atoms with Crippen LogP contribution in [0.15, 0.2) is 12.2 Å². The molecule has 10 heavy (non-hydrogen) atoms. The minimum Gasteiger partial charge on any atom is -0.120 e. The van der Waals surface area contributed by atoms with E-state index in [-0.39, 0.29) is 0 Å². The molecule has 0 aromatic rings. The van der Waals surface area contributed by atoms with E-state index in [4.69, 9.17) is 6.42 Å². The molecule has 0 aliphatic heterocycles. The molecule has 0 N–H and O–H groups in total. The van der Waals surface area contributed by atoms with Crippen LogP contribution in [-0.4, -0.2) is 0 Å². The van der Waals surface area contributed by atoms with Crippen molar-refractivity contribution in [1.82, 2.24) is 0 Å². The molecule has 0 heterocycles.